The molecule has 0 amide bonds. The monoisotopic (exact) mass is 206 g/mol. The molecule has 1 aliphatic rings. The summed E-state index contributed by atoms with van der Waals surface area (Å²) in [5.41, 5.74) is 0. The van der Waals surface area contributed by atoms with E-state index in [0.717, 1.165) is 0 Å². The molecule has 84 valence electrons. The lowest BCUT2D eigenvalue weighted by atomic mass is 10.1. The van der Waals surface area contributed by atoms with E-state index < -0.39 is 17.9 Å². The van der Waals surface area contributed by atoms with E-state index >= 15 is 0 Å². The molecule has 0 aliphatic carbocycles. The van der Waals surface area contributed by atoms with E-state index in [-0.39, 0.29) is 6.42 Å². The molecule has 0 saturated carbocycles. The van der Waals surface area contributed by atoms with Crippen molar-refractivity contribution in [3.8, 4) is 0 Å². The fourth-order valence-electron chi connectivity index (χ4n) is 1.21. The minimum Gasteiger partial charge on any atom is -0.362 e. The zero-order valence-corrected chi connectivity index (χ0v) is 8.82. The summed E-state index contributed by atoms with van der Waals surface area (Å²) in [5, 5.41) is 19.1. The summed E-state index contributed by atoms with van der Waals surface area (Å²) in [4.78, 5) is 0. The lowest BCUT2D eigenvalue weighted by molar-refractivity contribution is -0.388. The van der Waals surface area contributed by atoms with Gasteiger partial charge in [-0.2, -0.15) is 0 Å². The average molecular weight is 206 g/mol. The van der Waals surface area contributed by atoms with Gasteiger partial charge in [0.15, 0.2) is 5.79 Å². The third-order valence-electron chi connectivity index (χ3n) is 2.22. The molecule has 14 heavy (non-hydrogen) atoms. The highest BCUT2D eigenvalue weighted by atomic mass is 16.8. The van der Waals surface area contributed by atoms with Crippen LogP contribution in [0, 0.1) is 0 Å². The lowest BCUT2D eigenvalue weighted by Crippen LogP contribution is -2.52. The molecule has 0 radical (unpaired) electrons. The fourth-order valence-corrected chi connectivity index (χ4v) is 1.21. The second-order valence-electron chi connectivity index (χ2n) is 3.91. The molecule has 1 rings (SSSR count). The van der Waals surface area contributed by atoms with Crippen molar-refractivity contribution in [2.75, 3.05) is 13.7 Å². The Morgan fingerprint density at radius 1 is 1.43 bits per heavy atom. The Hall–Kier alpha value is -0.200. The van der Waals surface area contributed by atoms with Crippen LogP contribution in [0.15, 0.2) is 0 Å². The summed E-state index contributed by atoms with van der Waals surface area (Å²) in [6.45, 7) is 3.83. The van der Waals surface area contributed by atoms with Gasteiger partial charge >= 0.3 is 0 Å². The van der Waals surface area contributed by atoms with Crippen molar-refractivity contribution in [1.29, 1.82) is 0 Å². The van der Waals surface area contributed by atoms with Gasteiger partial charge in [0.05, 0.1) is 6.61 Å². The number of aliphatic hydroxyl groups is 2. The van der Waals surface area contributed by atoms with Crippen molar-refractivity contribution in [3.05, 3.63) is 0 Å². The SMILES string of the molecule is COC(C)(C)OC1OCCCC1(O)O. The number of hydrogen-bond acceptors (Lipinski definition) is 5. The van der Waals surface area contributed by atoms with E-state index in [1.165, 1.54) is 7.11 Å². The van der Waals surface area contributed by atoms with Gasteiger partial charge < -0.3 is 24.4 Å². The first-order chi connectivity index (χ1) is 6.37. The van der Waals surface area contributed by atoms with Gasteiger partial charge in [-0.25, -0.2) is 0 Å². The van der Waals surface area contributed by atoms with Crippen LogP contribution in [0.4, 0.5) is 0 Å². The van der Waals surface area contributed by atoms with Crippen LogP contribution in [0.3, 0.4) is 0 Å². The topological polar surface area (TPSA) is 68.2 Å². The molecule has 1 saturated heterocycles. The van der Waals surface area contributed by atoms with Crippen LogP contribution in [0.1, 0.15) is 26.7 Å². The smallest absolute Gasteiger partial charge is 0.215 e. The maximum atomic E-state index is 9.54. The van der Waals surface area contributed by atoms with Crippen molar-refractivity contribution < 1.29 is 24.4 Å². The number of hydrogen-bond donors (Lipinski definition) is 2. The maximum absolute atomic E-state index is 9.54. The Kier molecular flexibility index (Phi) is 3.49. The zero-order valence-electron chi connectivity index (χ0n) is 8.82. The Labute approximate surface area is 83.6 Å². The molecule has 0 aromatic carbocycles. The number of rotatable bonds is 3. The van der Waals surface area contributed by atoms with E-state index in [0.29, 0.717) is 13.0 Å². The Morgan fingerprint density at radius 3 is 2.57 bits per heavy atom. The third-order valence-corrected chi connectivity index (χ3v) is 2.22. The maximum Gasteiger partial charge on any atom is 0.215 e. The summed E-state index contributed by atoms with van der Waals surface area (Å²) in [6.07, 6.45) is -0.191. The first-order valence-electron chi connectivity index (χ1n) is 4.67. The molecule has 5 heteroatoms. The highest BCUT2D eigenvalue weighted by molar-refractivity contribution is 4.75. The minimum atomic E-state index is -1.92. The van der Waals surface area contributed by atoms with Crippen molar-refractivity contribution >= 4 is 0 Å². The molecule has 1 fully saturated rings. The predicted molar refractivity (Wildman–Crippen MR) is 48.3 cm³/mol. The molecule has 1 aliphatic heterocycles. The van der Waals surface area contributed by atoms with Crippen molar-refractivity contribution in [2.45, 2.75) is 44.6 Å². The lowest BCUT2D eigenvalue weighted by Gasteiger charge is -2.38. The number of methoxy groups -OCH3 is 1. The summed E-state index contributed by atoms with van der Waals surface area (Å²) < 4.78 is 15.4. The van der Waals surface area contributed by atoms with Crippen molar-refractivity contribution in [3.63, 3.8) is 0 Å². The van der Waals surface area contributed by atoms with Crippen LogP contribution in [0.2, 0.25) is 0 Å². The minimum absolute atomic E-state index is 0.247. The highest BCUT2D eigenvalue weighted by Gasteiger charge is 2.42. The van der Waals surface area contributed by atoms with E-state index in [2.05, 4.69) is 0 Å². The van der Waals surface area contributed by atoms with E-state index in [4.69, 9.17) is 14.2 Å². The normalized spacial score (nSPS) is 27.6. The molecular formula is C9H18O5. The van der Waals surface area contributed by atoms with Crippen LogP contribution < -0.4 is 0 Å². The first-order valence-corrected chi connectivity index (χ1v) is 4.67. The summed E-state index contributed by atoms with van der Waals surface area (Å²) in [6, 6.07) is 0. The number of ether oxygens (including phenoxy) is 3. The molecule has 0 aromatic heterocycles. The van der Waals surface area contributed by atoms with Gasteiger partial charge in [0.1, 0.15) is 0 Å². The molecule has 1 unspecified atom stereocenters. The Morgan fingerprint density at radius 2 is 2.07 bits per heavy atom. The van der Waals surface area contributed by atoms with Gasteiger partial charge in [0, 0.05) is 13.5 Å². The van der Waals surface area contributed by atoms with Crippen LogP contribution in [-0.4, -0.2) is 41.8 Å². The Balaban J connectivity index is 2.58. The van der Waals surface area contributed by atoms with Gasteiger partial charge in [-0.1, -0.05) is 0 Å². The van der Waals surface area contributed by atoms with Gasteiger partial charge in [0.2, 0.25) is 12.1 Å². The molecule has 1 atom stereocenters. The highest BCUT2D eigenvalue weighted by Crippen LogP contribution is 2.27. The van der Waals surface area contributed by atoms with Crippen LogP contribution >= 0.6 is 0 Å². The summed E-state index contributed by atoms with van der Waals surface area (Å²) in [7, 11) is 1.49. The summed E-state index contributed by atoms with van der Waals surface area (Å²) in [5.74, 6) is -2.81. The standard InChI is InChI=1S/C9H18O5/c1-8(2,12-3)14-7-9(10,11)5-4-6-13-7/h7,10-11H,4-6H2,1-3H3. The zero-order chi connectivity index (χ0) is 10.8. The molecule has 2 N–H and O–H groups in total. The van der Waals surface area contributed by atoms with Gasteiger partial charge in [0.25, 0.3) is 0 Å². The fraction of sp³-hybridized carbons (Fsp3) is 1.00. The second kappa shape index (κ2) is 4.12. The van der Waals surface area contributed by atoms with E-state index in [1.54, 1.807) is 13.8 Å². The molecule has 0 aromatic rings. The van der Waals surface area contributed by atoms with Crippen LogP contribution in [-0.2, 0) is 14.2 Å². The molecule has 0 bridgehead atoms. The first kappa shape index (κ1) is 11.9. The molecule has 0 spiro atoms. The summed E-state index contributed by atoms with van der Waals surface area (Å²) >= 11 is 0. The average Bonchev–Trinajstić information content (AvgIpc) is 2.09. The van der Waals surface area contributed by atoms with Crippen molar-refractivity contribution in [1.82, 2.24) is 0 Å². The van der Waals surface area contributed by atoms with Gasteiger partial charge in [-0.15, -0.1) is 0 Å². The van der Waals surface area contributed by atoms with Crippen molar-refractivity contribution in [2.24, 2.45) is 0 Å². The van der Waals surface area contributed by atoms with Gasteiger partial charge in [-0.05, 0) is 20.3 Å². The predicted octanol–water partition coefficient (Wildman–Crippen LogP) is 0.203. The quantitative estimate of drug-likeness (QED) is 0.646. The van der Waals surface area contributed by atoms with Gasteiger partial charge in [-0.3, -0.25) is 0 Å². The van der Waals surface area contributed by atoms with Crippen LogP contribution in [0.5, 0.6) is 0 Å². The molecule has 1 heterocycles. The molecule has 5 nitrogen and oxygen atoms in total. The van der Waals surface area contributed by atoms with Crippen LogP contribution in [0.25, 0.3) is 0 Å². The Bertz CT molecular complexity index is 190. The van der Waals surface area contributed by atoms with E-state index in [1.807, 2.05) is 0 Å². The molecular weight excluding hydrogens is 188 g/mol. The third kappa shape index (κ3) is 2.90. The second-order valence-corrected chi connectivity index (χ2v) is 3.91. The largest absolute Gasteiger partial charge is 0.362 e. The van der Waals surface area contributed by atoms with E-state index in [9.17, 15) is 10.2 Å².